The van der Waals surface area contributed by atoms with Crippen LogP contribution >= 0.6 is 0 Å². The van der Waals surface area contributed by atoms with E-state index in [0.717, 1.165) is 11.3 Å². The van der Waals surface area contributed by atoms with Crippen LogP contribution in [0.2, 0.25) is 0 Å². The van der Waals surface area contributed by atoms with Crippen molar-refractivity contribution in [3.05, 3.63) is 51.2 Å². The van der Waals surface area contributed by atoms with Gasteiger partial charge in [0.25, 0.3) is 5.69 Å². The zero-order valence-electron chi connectivity index (χ0n) is 12.1. The maximum absolute atomic E-state index is 10.9. The highest BCUT2D eigenvalue weighted by atomic mass is 16.6. The zero-order chi connectivity index (χ0) is 15.4. The molecule has 0 bridgehead atoms. The second-order valence-electron chi connectivity index (χ2n) is 4.55. The van der Waals surface area contributed by atoms with Crippen LogP contribution in [0.25, 0.3) is 0 Å². The molecule has 110 valence electrons. The molecule has 0 amide bonds. The monoisotopic (exact) mass is 288 g/mol. The topological polar surface area (TPSA) is 90.2 Å². The number of hydrogen-bond acceptors (Lipinski definition) is 6. The molecule has 1 heterocycles. The van der Waals surface area contributed by atoms with E-state index in [9.17, 15) is 10.1 Å². The van der Waals surface area contributed by atoms with Gasteiger partial charge in [-0.05, 0) is 19.4 Å². The molecule has 1 N–H and O–H groups in total. The summed E-state index contributed by atoms with van der Waals surface area (Å²) in [7, 11) is 1.54. The van der Waals surface area contributed by atoms with Gasteiger partial charge >= 0.3 is 0 Å². The summed E-state index contributed by atoms with van der Waals surface area (Å²) < 4.78 is 5.08. The molecule has 7 nitrogen and oxygen atoms in total. The quantitative estimate of drug-likeness (QED) is 0.672. The van der Waals surface area contributed by atoms with E-state index in [-0.39, 0.29) is 10.6 Å². The van der Waals surface area contributed by atoms with Gasteiger partial charge in [0, 0.05) is 29.9 Å². The summed E-state index contributed by atoms with van der Waals surface area (Å²) in [4.78, 5) is 19.0. The molecule has 1 aromatic carbocycles. The van der Waals surface area contributed by atoms with Crippen molar-refractivity contribution in [1.82, 2.24) is 9.97 Å². The summed E-state index contributed by atoms with van der Waals surface area (Å²) in [5.41, 5.74) is 2.35. The Balaban J connectivity index is 2.19. The lowest BCUT2D eigenvalue weighted by atomic mass is 10.1. The van der Waals surface area contributed by atoms with Crippen molar-refractivity contribution in [3.8, 4) is 5.88 Å². The number of aryl methyl sites for hydroxylation is 1. The van der Waals surface area contributed by atoms with Gasteiger partial charge in [0.1, 0.15) is 0 Å². The number of rotatable bonds is 5. The minimum Gasteiger partial charge on any atom is -0.481 e. The van der Waals surface area contributed by atoms with Gasteiger partial charge in [-0.3, -0.25) is 10.1 Å². The SMILES string of the molecule is COc1cc(C)nc(NCc2cccc([N+](=O)[O-])c2C)n1. The van der Waals surface area contributed by atoms with Gasteiger partial charge in [0.2, 0.25) is 11.8 Å². The number of aromatic nitrogens is 2. The van der Waals surface area contributed by atoms with Gasteiger partial charge in [0.05, 0.1) is 12.0 Å². The van der Waals surface area contributed by atoms with E-state index in [0.29, 0.717) is 23.9 Å². The van der Waals surface area contributed by atoms with Crippen LogP contribution in [0.1, 0.15) is 16.8 Å². The van der Waals surface area contributed by atoms with Crippen LogP contribution in [0, 0.1) is 24.0 Å². The van der Waals surface area contributed by atoms with Crippen molar-refractivity contribution in [2.45, 2.75) is 20.4 Å². The van der Waals surface area contributed by atoms with Gasteiger partial charge < -0.3 is 10.1 Å². The number of benzene rings is 1. The molecule has 0 atom stereocenters. The minimum absolute atomic E-state index is 0.108. The second kappa shape index (κ2) is 6.17. The molecule has 0 unspecified atom stereocenters. The molecule has 0 saturated heterocycles. The molecule has 0 aliphatic carbocycles. The van der Waals surface area contributed by atoms with E-state index in [4.69, 9.17) is 4.74 Å². The summed E-state index contributed by atoms with van der Waals surface area (Å²) in [5, 5.41) is 14.0. The molecule has 21 heavy (non-hydrogen) atoms. The third-order valence-electron chi connectivity index (χ3n) is 3.09. The van der Waals surface area contributed by atoms with Crippen molar-refractivity contribution in [2.24, 2.45) is 0 Å². The number of nitrogens with one attached hydrogen (secondary N) is 1. The fourth-order valence-electron chi connectivity index (χ4n) is 1.96. The highest BCUT2D eigenvalue weighted by molar-refractivity contribution is 5.45. The van der Waals surface area contributed by atoms with E-state index >= 15 is 0 Å². The molecule has 0 radical (unpaired) electrons. The number of hydrogen-bond donors (Lipinski definition) is 1. The number of nitro benzene ring substituents is 1. The number of methoxy groups -OCH3 is 1. The molecule has 2 aromatic rings. The molecule has 0 aliphatic rings. The van der Waals surface area contributed by atoms with Gasteiger partial charge in [-0.15, -0.1) is 0 Å². The summed E-state index contributed by atoms with van der Waals surface area (Å²) in [6, 6.07) is 6.72. The smallest absolute Gasteiger partial charge is 0.272 e. The molecule has 0 saturated carbocycles. The molecule has 2 rings (SSSR count). The summed E-state index contributed by atoms with van der Waals surface area (Å²) in [6.45, 7) is 3.97. The Morgan fingerprint density at radius 3 is 2.76 bits per heavy atom. The van der Waals surface area contributed by atoms with Crippen LogP contribution in [0.5, 0.6) is 5.88 Å². The van der Waals surface area contributed by atoms with Crippen LogP contribution in [0.15, 0.2) is 24.3 Å². The Morgan fingerprint density at radius 1 is 1.33 bits per heavy atom. The van der Waals surface area contributed by atoms with Crippen LogP contribution in [-0.4, -0.2) is 22.0 Å². The molecule has 7 heteroatoms. The first kappa shape index (κ1) is 14.7. The van der Waals surface area contributed by atoms with Crippen LogP contribution < -0.4 is 10.1 Å². The van der Waals surface area contributed by atoms with Crippen molar-refractivity contribution in [3.63, 3.8) is 0 Å². The summed E-state index contributed by atoms with van der Waals surface area (Å²) in [5.74, 6) is 0.901. The van der Waals surface area contributed by atoms with Gasteiger partial charge in [-0.2, -0.15) is 4.98 Å². The Kier molecular flexibility index (Phi) is 4.32. The minimum atomic E-state index is -0.384. The third kappa shape index (κ3) is 3.44. The maximum Gasteiger partial charge on any atom is 0.272 e. The Morgan fingerprint density at radius 2 is 2.10 bits per heavy atom. The van der Waals surface area contributed by atoms with Crippen LogP contribution in [0.3, 0.4) is 0 Å². The highest BCUT2D eigenvalue weighted by Gasteiger charge is 2.13. The van der Waals surface area contributed by atoms with Crippen molar-refractivity contribution in [2.75, 3.05) is 12.4 Å². The molecule has 0 spiro atoms. The van der Waals surface area contributed by atoms with Crippen molar-refractivity contribution < 1.29 is 9.66 Å². The molecular formula is C14H16N4O3. The van der Waals surface area contributed by atoms with E-state index in [2.05, 4.69) is 15.3 Å². The Labute approximate surface area is 122 Å². The zero-order valence-corrected chi connectivity index (χ0v) is 12.1. The lowest BCUT2D eigenvalue weighted by molar-refractivity contribution is -0.385. The summed E-state index contributed by atoms with van der Waals surface area (Å²) in [6.07, 6.45) is 0. The number of ether oxygens (including phenoxy) is 1. The Bertz CT molecular complexity index is 673. The molecule has 0 aliphatic heterocycles. The van der Waals surface area contributed by atoms with E-state index in [1.54, 1.807) is 19.1 Å². The third-order valence-corrected chi connectivity index (χ3v) is 3.09. The predicted molar refractivity (Wildman–Crippen MR) is 78.5 cm³/mol. The lowest BCUT2D eigenvalue weighted by Gasteiger charge is -2.09. The van der Waals surface area contributed by atoms with Crippen molar-refractivity contribution >= 4 is 11.6 Å². The largest absolute Gasteiger partial charge is 0.481 e. The van der Waals surface area contributed by atoms with E-state index < -0.39 is 0 Å². The number of nitro groups is 1. The number of nitrogens with zero attached hydrogens (tertiary/aromatic N) is 3. The highest BCUT2D eigenvalue weighted by Crippen LogP contribution is 2.21. The lowest BCUT2D eigenvalue weighted by Crippen LogP contribution is -2.07. The normalized spacial score (nSPS) is 10.2. The fourth-order valence-corrected chi connectivity index (χ4v) is 1.96. The van der Waals surface area contributed by atoms with Gasteiger partial charge in [0.15, 0.2) is 0 Å². The Hall–Kier alpha value is -2.70. The van der Waals surface area contributed by atoms with E-state index in [1.165, 1.54) is 13.2 Å². The standard InChI is InChI=1S/C14H16N4O3/c1-9-7-13(21-3)17-14(16-9)15-8-11-5-4-6-12(10(11)2)18(19)20/h4-7H,8H2,1-3H3,(H,15,16,17). The average Bonchev–Trinajstić information content (AvgIpc) is 2.45. The van der Waals surface area contributed by atoms with Crippen LogP contribution in [0.4, 0.5) is 11.6 Å². The summed E-state index contributed by atoms with van der Waals surface area (Å²) >= 11 is 0. The van der Waals surface area contributed by atoms with Gasteiger partial charge in [-0.1, -0.05) is 12.1 Å². The second-order valence-corrected chi connectivity index (χ2v) is 4.55. The predicted octanol–water partition coefficient (Wildman–Crippen LogP) is 2.62. The first-order valence-electron chi connectivity index (χ1n) is 6.37. The molecular weight excluding hydrogens is 272 g/mol. The van der Waals surface area contributed by atoms with Crippen molar-refractivity contribution in [1.29, 1.82) is 0 Å². The number of anilines is 1. The van der Waals surface area contributed by atoms with Gasteiger partial charge in [-0.25, -0.2) is 4.98 Å². The van der Waals surface area contributed by atoms with Crippen LogP contribution in [-0.2, 0) is 6.54 Å². The first-order chi connectivity index (χ1) is 10.0. The first-order valence-corrected chi connectivity index (χ1v) is 6.37. The fraction of sp³-hybridized carbons (Fsp3) is 0.286. The maximum atomic E-state index is 10.9. The average molecular weight is 288 g/mol. The van der Waals surface area contributed by atoms with E-state index in [1.807, 2.05) is 13.0 Å². The molecule has 1 aromatic heterocycles. The molecule has 0 fully saturated rings.